The topological polar surface area (TPSA) is 82.1 Å². The number of hydrogen-bond acceptors (Lipinski definition) is 4. The van der Waals surface area contributed by atoms with E-state index in [9.17, 15) is 9.59 Å². The van der Waals surface area contributed by atoms with Gasteiger partial charge >= 0.3 is 5.69 Å². The van der Waals surface area contributed by atoms with Crippen LogP contribution in [0.1, 0.15) is 22.3 Å². The lowest BCUT2D eigenvalue weighted by Gasteiger charge is -2.18. The van der Waals surface area contributed by atoms with E-state index >= 15 is 0 Å². The van der Waals surface area contributed by atoms with Crippen LogP contribution in [-0.2, 0) is 13.0 Å². The highest BCUT2D eigenvalue weighted by molar-refractivity contribution is 5.60. The second-order valence-corrected chi connectivity index (χ2v) is 7.51. The maximum Gasteiger partial charge on any atom is 0.351 e. The Balaban J connectivity index is 1.85. The van der Waals surface area contributed by atoms with Gasteiger partial charge in [0.2, 0.25) is 0 Å². The molecule has 3 aromatic carbocycles. The first kappa shape index (κ1) is 20.2. The van der Waals surface area contributed by atoms with Crippen molar-refractivity contribution in [2.75, 3.05) is 11.2 Å². The van der Waals surface area contributed by atoms with Crippen molar-refractivity contribution in [2.45, 2.75) is 19.9 Å². The van der Waals surface area contributed by atoms with Gasteiger partial charge in [-0.3, -0.25) is 9.36 Å². The summed E-state index contributed by atoms with van der Waals surface area (Å²) in [6, 6.07) is 26.7. The molecule has 0 unspecified atom stereocenters. The summed E-state index contributed by atoms with van der Waals surface area (Å²) in [5, 5.41) is 3.17. The van der Waals surface area contributed by atoms with Gasteiger partial charge in [-0.05, 0) is 30.2 Å². The molecule has 0 saturated carbocycles. The number of aromatic nitrogens is 2. The predicted octanol–water partition coefficient (Wildman–Crippen LogP) is 3.41. The first-order valence-corrected chi connectivity index (χ1v) is 10.1. The molecule has 6 heteroatoms. The molecule has 3 N–H and O–H groups in total. The Morgan fingerprint density at radius 3 is 2.06 bits per heavy atom. The van der Waals surface area contributed by atoms with Crippen LogP contribution >= 0.6 is 0 Å². The second-order valence-electron chi connectivity index (χ2n) is 7.51. The highest BCUT2D eigenvalue weighted by Crippen LogP contribution is 2.19. The average molecular weight is 412 g/mol. The van der Waals surface area contributed by atoms with E-state index in [1.165, 1.54) is 4.57 Å². The lowest BCUT2D eigenvalue weighted by Crippen LogP contribution is -2.45. The molecule has 1 heterocycles. The third-order valence-corrected chi connectivity index (χ3v) is 5.19. The van der Waals surface area contributed by atoms with Crippen molar-refractivity contribution in [3.8, 4) is 0 Å². The normalized spacial score (nSPS) is 10.7. The highest BCUT2D eigenvalue weighted by atomic mass is 16.2. The van der Waals surface area contributed by atoms with Crippen molar-refractivity contribution >= 4 is 11.5 Å². The Hall–Kier alpha value is -4.06. The van der Waals surface area contributed by atoms with Gasteiger partial charge in [0.25, 0.3) is 5.56 Å². The van der Waals surface area contributed by atoms with Gasteiger partial charge in [0.15, 0.2) is 0 Å². The van der Waals surface area contributed by atoms with Crippen LogP contribution < -0.4 is 22.4 Å². The molecule has 0 spiro atoms. The van der Waals surface area contributed by atoms with Crippen LogP contribution in [-0.4, -0.2) is 9.24 Å². The maximum atomic E-state index is 13.5. The molecule has 0 radical (unpaired) electrons. The third-order valence-electron chi connectivity index (χ3n) is 5.19. The molecule has 0 bridgehead atoms. The highest BCUT2D eigenvalue weighted by Gasteiger charge is 2.19. The van der Waals surface area contributed by atoms with Gasteiger partial charge in [-0.25, -0.2) is 4.79 Å². The first-order chi connectivity index (χ1) is 15.0. The number of nitrogens with one attached hydrogen (secondary N) is 1. The molecular weight excluding hydrogens is 388 g/mol. The number of aryl methyl sites for hydroxylation is 1. The van der Waals surface area contributed by atoms with Crippen molar-refractivity contribution in [3.05, 3.63) is 128 Å². The Labute approximate surface area is 180 Å². The molecule has 4 rings (SSSR count). The largest absolute Gasteiger partial charge is 0.351 e. The zero-order chi connectivity index (χ0) is 21.8. The standard InChI is InChI=1S/C25H24N4O2/c1-18-12-14-19(15-13-18)16-22-23(27-21-10-6-3-7-11-21)29(26)25(31)28(24(22)30)17-20-8-4-2-5-9-20/h2-15,27H,16-17,26H2,1H3. The van der Waals surface area contributed by atoms with Gasteiger partial charge in [-0.1, -0.05) is 78.4 Å². The number of nitrogens with two attached hydrogens (primary N) is 1. The molecule has 0 saturated heterocycles. The van der Waals surface area contributed by atoms with E-state index in [2.05, 4.69) is 5.32 Å². The number of para-hydroxylation sites is 1. The summed E-state index contributed by atoms with van der Waals surface area (Å²) >= 11 is 0. The molecule has 0 aliphatic carbocycles. The summed E-state index contributed by atoms with van der Waals surface area (Å²) in [5.41, 5.74) is 3.21. The van der Waals surface area contributed by atoms with Crippen molar-refractivity contribution in [3.63, 3.8) is 0 Å². The van der Waals surface area contributed by atoms with Gasteiger partial charge in [0.05, 0.1) is 12.1 Å². The minimum atomic E-state index is -0.569. The summed E-state index contributed by atoms with van der Waals surface area (Å²) in [6.45, 7) is 2.17. The van der Waals surface area contributed by atoms with E-state index < -0.39 is 5.69 Å². The molecule has 31 heavy (non-hydrogen) atoms. The third kappa shape index (κ3) is 4.43. The van der Waals surface area contributed by atoms with Crippen molar-refractivity contribution in [2.24, 2.45) is 0 Å². The van der Waals surface area contributed by atoms with E-state index in [4.69, 9.17) is 5.84 Å². The van der Waals surface area contributed by atoms with E-state index in [-0.39, 0.29) is 12.1 Å². The molecular formula is C25H24N4O2. The summed E-state index contributed by atoms with van der Waals surface area (Å²) < 4.78 is 2.22. The SMILES string of the molecule is Cc1ccc(Cc2c(Nc3ccccc3)n(N)c(=O)n(Cc3ccccc3)c2=O)cc1. The van der Waals surface area contributed by atoms with Crippen molar-refractivity contribution < 1.29 is 0 Å². The molecule has 0 aliphatic heterocycles. The quantitative estimate of drug-likeness (QED) is 0.476. The van der Waals surface area contributed by atoms with E-state index in [0.29, 0.717) is 17.8 Å². The zero-order valence-electron chi connectivity index (χ0n) is 17.3. The van der Waals surface area contributed by atoms with Crippen LogP contribution in [0, 0.1) is 6.92 Å². The fourth-order valence-corrected chi connectivity index (χ4v) is 3.49. The smallest absolute Gasteiger partial charge is 0.340 e. The predicted molar refractivity (Wildman–Crippen MR) is 124 cm³/mol. The van der Waals surface area contributed by atoms with E-state index in [1.807, 2.05) is 91.9 Å². The van der Waals surface area contributed by atoms with Gasteiger partial charge in [-0.2, -0.15) is 4.68 Å². The number of nitrogens with zero attached hydrogens (tertiary/aromatic N) is 2. The number of nitrogen functional groups attached to an aromatic ring is 1. The van der Waals surface area contributed by atoms with Crippen LogP contribution in [0.15, 0.2) is 94.5 Å². The molecule has 6 nitrogen and oxygen atoms in total. The van der Waals surface area contributed by atoms with Gasteiger partial charge in [-0.15, -0.1) is 0 Å². The number of anilines is 2. The Morgan fingerprint density at radius 2 is 1.42 bits per heavy atom. The Bertz CT molecular complexity index is 1290. The van der Waals surface area contributed by atoms with Gasteiger partial charge < -0.3 is 11.2 Å². The zero-order valence-corrected chi connectivity index (χ0v) is 17.3. The number of benzene rings is 3. The number of rotatable bonds is 6. The molecule has 156 valence electrons. The summed E-state index contributed by atoms with van der Waals surface area (Å²) in [6.07, 6.45) is 0.348. The minimum Gasteiger partial charge on any atom is -0.340 e. The average Bonchev–Trinajstić information content (AvgIpc) is 2.80. The molecule has 1 aromatic heterocycles. The lowest BCUT2D eigenvalue weighted by molar-refractivity contribution is 0.651. The van der Waals surface area contributed by atoms with Gasteiger partial charge in [0.1, 0.15) is 5.82 Å². The molecule has 4 aromatic rings. The van der Waals surface area contributed by atoms with Gasteiger partial charge in [0, 0.05) is 12.1 Å². The molecule has 0 aliphatic rings. The monoisotopic (exact) mass is 412 g/mol. The summed E-state index contributed by atoms with van der Waals surface area (Å²) in [7, 11) is 0. The van der Waals surface area contributed by atoms with Crippen LogP contribution in [0.4, 0.5) is 11.5 Å². The van der Waals surface area contributed by atoms with Crippen molar-refractivity contribution in [1.82, 2.24) is 9.24 Å². The Kier molecular flexibility index (Phi) is 5.71. The second kappa shape index (κ2) is 8.75. The lowest BCUT2D eigenvalue weighted by atomic mass is 10.0. The fraction of sp³-hybridized carbons (Fsp3) is 0.120. The van der Waals surface area contributed by atoms with Crippen molar-refractivity contribution in [1.29, 1.82) is 0 Å². The molecule has 0 atom stereocenters. The summed E-state index contributed by atoms with van der Waals surface area (Å²) in [4.78, 5) is 26.5. The molecule has 0 fully saturated rings. The summed E-state index contributed by atoms with van der Waals surface area (Å²) in [5.74, 6) is 6.51. The first-order valence-electron chi connectivity index (χ1n) is 10.1. The van der Waals surface area contributed by atoms with Crippen LogP contribution in [0.5, 0.6) is 0 Å². The van der Waals surface area contributed by atoms with Crippen LogP contribution in [0.2, 0.25) is 0 Å². The minimum absolute atomic E-state index is 0.155. The van der Waals surface area contributed by atoms with E-state index in [0.717, 1.165) is 27.1 Å². The Morgan fingerprint density at radius 1 is 0.806 bits per heavy atom. The van der Waals surface area contributed by atoms with Crippen LogP contribution in [0.3, 0.4) is 0 Å². The molecule has 0 amide bonds. The fourth-order valence-electron chi connectivity index (χ4n) is 3.49. The maximum absolute atomic E-state index is 13.5. The van der Waals surface area contributed by atoms with E-state index in [1.54, 1.807) is 0 Å². The van der Waals surface area contributed by atoms with Crippen LogP contribution in [0.25, 0.3) is 0 Å². The number of hydrogen-bond donors (Lipinski definition) is 2.